The summed E-state index contributed by atoms with van der Waals surface area (Å²) in [5.41, 5.74) is 1.31. The third-order valence-corrected chi connectivity index (χ3v) is 3.86. The summed E-state index contributed by atoms with van der Waals surface area (Å²) in [6, 6.07) is 9.63. The SMILES string of the molecule is COc1ccccc1OCC(=O)OCC(=O)Nc1cc(C)c(C)cc1[N+](=O)[O-]. The van der Waals surface area contributed by atoms with Gasteiger partial charge in [-0.1, -0.05) is 12.1 Å². The van der Waals surface area contributed by atoms with Gasteiger partial charge in [0.25, 0.3) is 11.6 Å². The molecule has 0 bridgehead atoms. The number of nitro benzene ring substituents is 1. The first-order valence-corrected chi connectivity index (χ1v) is 8.28. The number of methoxy groups -OCH3 is 1. The van der Waals surface area contributed by atoms with E-state index in [0.717, 1.165) is 11.1 Å². The van der Waals surface area contributed by atoms with Crippen molar-refractivity contribution < 1.29 is 28.7 Å². The number of aryl methyl sites for hydroxylation is 2. The van der Waals surface area contributed by atoms with Crippen LogP contribution < -0.4 is 14.8 Å². The molecule has 1 N–H and O–H groups in total. The molecular formula is C19H20N2O7. The lowest BCUT2D eigenvalue weighted by atomic mass is 10.1. The van der Waals surface area contributed by atoms with Gasteiger partial charge >= 0.3 is 5.97 Å². The average molecular weight is 388 g/mol. The summed E-state index contributed by atoms with van der Waals surface area (Å²) >= 11 is 0. The molecule has 2 aromatic rings. The molecule has 0 aromatic heterocycles. The van der Waals surface area contributed by atoms with E-state index in [9.17, 15) is 19.7 Å². The number of rotatable bonds is 8. The Bertz CT molecular complexity index is 896. The highest BCUT2D eigenvalue weighted by Crippen LogP contribution is 2.28. The Balaban J connectivity index is 1.89. The lowest BCUT2D eigenvalue weighted by Gasteiger charge is -2.11. The van der Waals surface area contributed by atoms with Crippen LogP contribution >= 0.6 is 0 Å². The average Bonchev–Trinajstić information content (AvgIpc) is 2.67. The van der Waals surface area contributed by atoms with Gasteiger partial charge in [-0.15, -0.1) is 0 Å². The van der Waals surface area contributed by atoms with Gasteiger partial charge in [-0.3, -0.25) is 14.9 Å². The Morgan fingerprint density at radius 2 is 1.71 bits per heavy atom. The van der Waals surface area contributed by atoms with Crippen molar-refractivity contribution in [3.05, 3.63) is 57.6 Å². The molecule has 2 rings (SSSR count). The van der Waals surface area contributed by atoms with E-state index in [1.165, 1.54) is 19.2 Å². The number of carbonyl (C=O) groups is 2. The smallest absolute Gasteiger partial charge is 0.344 e. The summed E-state index contributed by atoms with van der Waals surface area (Å²) < 4.78 is 15.2. The van der Waals surface area contributed by atoms with Crippen molar-refractivity contribution in [3.63, 3.8) is 0 Å². The number of benzene rings is 2. The van der Waals surface area contributed by atoms with E-state index >= 15 is 0 Å². The number of hydrogen-bond donors (Lipinski definition) is 1. The van der Waals surface area contributed by atoms with Crippen molar-refractivity contribution in [1.29, 1.82) is 0 Å². The highest BCUT2D eigenvalue weighted by molar-refractivity contribution is 5.95. The normalized spacial score (nSPS) is 10.1. The van der Waals surface area contributed by atoms with Crippen molar-refractivity contribution in [2.75, 3.05) is 25.6 Å². The van der Waals surface area contributed by atoms with Gasteiger partial charge in [-0.25, -0.2) is 4.79 Å². The monoisotopic (exact) mass is 388 g/mol. The lowest BCUT2D eigenvalue weighted by Crippen LogP contribution is -2.24. The third kappa shape index (κ3) is 5.44. The quantitative estimate of drug-likeness (QED) is 0.420. The minimum absolute atomic E-state index is 0.0411. The highest BCUT2D eigenvalue weighted by Gasteiger charge is 2.18. The van der Waals surface area contributed by atoms with Crippen molar-refractivity contribution in [2.24, 2.45) is 0 Å². The van der Waals surface area contributed by atoms with Gasteiger partial charge in [0.15, 0.2) is 24.7 Å². The number of nitrogens with one attached hydrogen (secondary N) is 1. The molecule has 0 unspecified atom stereocenters. The first kappa shape index (κ1) is 20.7. The molecule has 0 atom stereocenters. The van der Waals surface area contributed by atoms with Crippen LogP contribution in [0.3, 0.4) is 0 Å². The molecule has 0 spiro atoms. The molecule has 0 radical (unpaired) electrons. The summed E-state index contributed by atoms with van der Waals surface area (Å²) in [6.07, 6.45) is 0. The second kappa shape index (κ2) is 9.36. The number of nitrogens with zero attached hydrogens (tertiary/aromatic N) is 1. The van der Waals surface area contributed by atoms with Crippen LogP contribution in [0.15, 0.2) is 36.4 Å². The minimum Gasteiger partial charge on any atom is -0.493 e. The Morgan fingerprint density at radius 3 is 2.36 bits per heavy atom. The van der Waals surface area contributed by atoms with E-state index in [4.69, 9.17) is 14.2 Å². The van der Waals surface area contributed by atoms with Gasteiger partial charge in [0.05, 0.1) is 12.0 Å². The predicted molar refractivity (Wildman–Crippen MR) is 101 cm³/mol. The van der Waals surface area contributed by atoms with Crippen LogP contribution in [0.1, 0.15) is 11.1 Å². The number of nitro groups is 1. The molecule has 9 nitrogen and oxygen atoms in total. The summed E-state index contributed by atoms with van der Waals surface area (Å²) in [6.45, 7) is 2.48. The maximum Gasteiger partial charge on any atom is 0.344 e. The van der Waals surface area contributed by atoms with Crippen LogP contribution in [0.25, 0.3) is 0 Å². The van der Waals surface area contributed by atoms with Crippen LogP contribution in [0.2, 0.25) is 0 Å². The van der Waals surface area contributed by atoms with Crippen molar-refractivity contribution in [2.45, 2.75) is 13.8 Å². The zero-order valence-electron chi connectivity index (χ0n) is 15.7. The van der Waals surface area contributed by atoms with E-state index in [1.54, 1.807) is 38.1 Å². The Hall–Kier alpha value is -3.62. The van der Waals surface area contributed by atoms with Gasteiger partial charge < -0.3 is 19.5 Å². The van der Waals surface area contributed by atoms with E-state index < -0.39 is 30.0 Å². The molecule has 0 aliphatic heterocycles. The third-order valence-electron chi connectivity index (χ3n) is 3.86. The highest BCUT2D eigenvalue weighted by atomic mass is 16.6. The largest absolute Gasteiger partial charge is 0.493 e. The Labute approximate surface area is 161 Å². The first-order valence-electron chi connectivity index (χ1n) is 8.28. The van der Waals surface area contributed by atoms with Gasteiger partial charge in [0, 0.05) is 6.07 Å². The zero-order valence-corrected chi connectivity index (χ0v) is 15.7. The van der Waals surface area contributed by atoms with Crippen LogP contribution in [-0.4, -0.2) is 37.1 Å². The van der Waals surface area contributed by atoms with E-state index in [1.807, 2.05) is 0 Å². The summed E-state index contributed by atoms with van der Waals surface area (Å²) in [7, 11) is 1.47. The number of para-hydroxylation sites is 2. The molecule has 9 heteroatoms. The fraction of sp³-hybridized carbons (Fsp3) is 0.263. The Kier molecular flexibility index (Phi) is 6.91. The first-order chi connectivity index (χ1) is 13.3. The fourth-order valence-corrected chi connectivity index (χ4v) is 2.30. The van der Waals surface area contributed by atoms with Gasteiger partial charge in [0.1, 0.15) is 5.69 Å². The van der Waals surface area contributed by atoms with E-state index in [2.05, 4.69) is 5.32 Å². The maximum atomic E-state index is 12.0. The molecule has 0 aliphatic carbocycles. The van der Waals surface area contributed by atoms with Crippen molar-refractivity contribution in [1.82, 2.24) is 0 Å². The number of carbonyl (C=O) groups excluding carboxylic acids is 2. The van der Waals surface area contributed by atoms with Crippen LogP contribution in [0.5, 0.6) is 11.5 Å². The zero-order chi connectivity index (χ0) is 20.7. The molecule has 1 amide bonds. The van der Waals surface area contributed by atoms with E-state index in [0.29, 0.717) is 11.5 Å². The molecule has 2 aromatic carbocycles. The predicted octanol–water partition coefficient (Wildman–Crippen LogP) is 2.78. The van der Waals surface area contributed by atoms with Crippen molar-refractivity contribution in [3.8, 4) is 11.5 Å². The molecule has 148 valence electrons. The molecule has 0 saturated carbocycles. The second-order valence-corrected chi connectivity index (χ2v) is 5.86. The molecule has 0 aliphatic rings. The van der Waals surface area contributed by atoms with Crippen LogP contribution in [0, 0.1) is 24.0 Å². The number of hydrogen-bond acceptors (Lipinski definition) is 7. The summed E-state index contributed by atoms with van der Waals surface area (Å²) in [5.74, 6) is -0.653. The Morgan fingerprint density at radius 1 is 1.07 bits per heavy atom. The topological polar surface area (TPSA) is 117 Å². The number of amides is 1. The van der Waals surface area contributed by atoms with Crippen molar-refractivity contribution >= 4 is 23.3 Å². The maximum absolute atomic E-state index is 12.0. The number of esters is 1. The molecule has 0 saturated heterocycles. The molecule has 0 heterocycles. The van der Waals surface area contributed by atoms with Gasteiger partial charge in [-0.05, 0) is 43.2 Å². The number of anilines is 1. The summed E-state index contributed by atoms with van der Waals surface area (Å²) in [4.78, 5) is 34.3. The second-order valence-electron chi connectivity index (χ2n) is 5.86. The van der Waals surface area contributed by atoms with E-state index in [-0.39, 0.29) is 11.4 Å². The number of ether oxygens (including phenoxy) is 3. The molecule has 28 heavy (non-hydrogen) atoms. The molecular weight excluding hydrogens is 368 g/mol. The standard InChI is InChI=1S/C19H20N2O7/c1-12-8-14(15(21(24)25)9-13(12)2)20-18(22)10-28-19(23)11-27-17-7-5-4-6-16(17)26-3/h4-9H,10-11H2,1-3H3,(H,20,22). The summed E-state index contributed by atoms with van der Waals surface area (Å²) in [5, 5.41) is 13.5. The minimum atomic E-state index is -0.768. The fourth-order valence-electron chi connectivity index (χ4n) is 2.30. The lowest BCUT2D eigenvalue weighted by molar-refractivity contribution is -0.384. The van der Waals surface area contributed by atoms with Crippen LogP contribution in [0.4, 0.5) is 11.4 Å². The van der Waals surface area contributed by atoms with Crippen LogP contribution in [-0.2, 0) is 14.3 Å². The van der Waals surface area contributed by atoms with Gasteiger partial charge in [0.2, 0.25) is 0 Å². The molecule has 0 fully saturated rings. The van der Waals surface area contributed by atoms with Gasteiger partial charge in [-0.2, -0.15) is 0 Å².